The molecular weight excluding hydrogens is 256 g/mol. The van der Waals surface area contributed by atoms with Gasteiger partial charge in [0.05, 0.1) is 18.2 Å². The van der Waals surface area contributed by atoms with Gasteiger partial charge in [0.25, 0.3) is 0 Å². The van der Waals surface area contributed by atoms with Crippen molar-refractivity contribution >= 4 is 18.3 Å². The Morgan fingerprint density at radius 2 is 2.22 bits per heavy atom. The summed E-state index contributed by atoms with van der Waals surface area (Å²) >= 11 is 0. The second-order valence-corrected chi connectivity index (χ2v) is 4.91. The molecule has 2 heterocycles. The Morgan fingerprint density at radius 3 is 2.78 bits per heavy atom. The molecule has 0 saturated carbocycles. The molecule has 2 aliphatic rings. The maximum absolute atomic E-state index is 11.9. The third-order valence-electron chi connectivity index (χ3n) is 3.56. The summed E-state index contributed by atoms with van der Waals surface area (Å²) in [6.07, 6.45) is 3.63. The Kier molecular flexibility index (Phi) is 6.35. The van der Waals surface area contributed by atoms with Gasteiger partial charge in [-0.25, -0.2) is 0 Å². The van der Waals surface area contributed by atoms with Crippen LogP contribution in [0.1, 0.15) is 32.6 Å². The molecule has 2 fully saturated rings. The molecule has 2 rings (SSSR count). The van der Waals surface area contributed by atoms with Crippen LogP contribution in [0.2, 0.25) is 0 Å². The van der Waals surface area contributed by atoms with Crippen LogP contribution in [0.15, 0.2) is 0 Å². The predicted octanol–water partition coefficient (Wildman–Crippen LogP) is 0.598. The molecule has 0 spiro atoms. The first-order chi connectivity index (χ1) is 8.20. The van der Waals surface area contributed by atoms with Crippen molar-refractivity contribution in [1.29, 1.82) is 0 Å². The zero-order chi connectivity index (χ0) is 12.3. The lowest BCUT2D eigenvalue weighted by molar-refractivity contribution is -0.133. The molecule has 0 aromatic carbocycles. The van der Waals surface area contributed by atoms with Crippen LogP contribution >= 0.6 is 12.4 Å². The second-order valence-electron chi connectivity index (χ2n) is 4.91. The highest BCUT2D eigenvalue weighted by Gasteiger charge is 2.32. The summed E-state index contributed by atoms with van der Waals surface area (Å²) in [6, 6.07) is 0.0607. The minimum Gasteiger partial charge on any atom is -0.376 e. The molecule has 106 valence electrons. The molecule has 3 N–H and O–H groups in total. The zero-order valence-corrected chi connectivity index (χ0v) is 11.6. The van der Waals surface area contributed by atoms with Crippen molar-refractivity contribution in [1.82, 2.24) is 5.32 Å². The van der Waals surface area contributed by atoms with Gasteiger partial charge in [0.15, 0.2) is 0 Å². The highest BCUT2D eigenvalue weighted by atomic mass is 35.5. The largest absolute Gasteiger partial charge is 0.376 e. The van der Waals surface area contributed by atoms with Crippen molar-refractivity contribution in [3.63, 3.8) is 0 Å². The molecule has 5 nitrogen and oxygen atoms in total. The molecule has 4 atom stereocenters. The highest BCUT2D eigenvalue weighted by Crippen LogP contribution is 2.20. The van der Waals surface area contributed by atoms with E-state index in [-0.39, 0.29) is 42.7 Å². The van der Waals surface area contributed by atoms with Crippen molar-refractivity contribution in [2.45, 2.75) is 57.0 Å². The predicted molar refractivity (Wildman–Crippen MR) is 70.8 cm³/mol. The smallest absolute Gasteiger partial charge is 0.249 e. The first-order valence-electron chi connectivity index (χ1n) is 6.48. The number of rotatable bonds is 4. The van der Waals surface area contributed by atoms with Crippen LogP contribution < -0.4 is 11.1 Å². The average Bonchev–Trinajstić information content (AvgIpc) is 3.00. The highest BCUT2D eigenvalue weighted by molar-refractivity contribution is 5.85. The van der Waals surface area contributed by atoms with Crippen molar-refractivity contribution < 1.29 is 14.3 Å². The molecule has 0 bridgehead atoms. The van der Waals surface area contributed by atoms with Crippen molar-refractivity contribution in [3.05, 3.63) is 0 Å². The maximum atomic E-state index is 11.9. The topological polar surface area (TPSA) is 73.6 Å². The van der Waals surface area contributed by atoms with E-state index < -0.39 is 0 Å². The molecule has 0 radical (unpaired) electrons. The van der Waals surface area contributed by atoms with Crippen molar-refractivity contribution in [2.24, 2.45) is 5.73 Å². The van der Waals surface area contributed by atoms with Gasteiger partial charge in [-0.05, 0) is 32.6 Å². The molecule has 2 saturated heterocycles. The summed E-state index contributed by atoms with van der Waals surface area (Å²) in [6.45, 7) is 3.29. The molecule has 1 amide bonds. The summed E-state index contributed by atoms with van der Waals surface area (Å²) < 4.78 is 11.1. The fraction of sp³-hybridized carbons (Fsp3) is 0.917. The van der Waals surface area contributed by atoms with E-state index in [9.17, 15) is 4.79 Å². The summed E-state index contributed by atoms with van der Waals surface area (Å²) in [7, 11) is 0. The van der Waals surface area contributed by atoms with Crippen LogP contribution in [0.25, 0.3) is 0 Å². The van der Waals surface area contributed by atoms with Crippen LogP contribution in [-0.4, -0.2) is 43.4 Å². The van der Waals surface area contributed by atoms with Gasteiger partial charge in [-0.3, -0.25) is 4.79 Å². The van der Waals surface area contributed by atoms with Crippen LogP contribution in [0.4, 0.5) is 0 Å². The van der Waals surface area contributed by atoms with Crippen LogP contribution in [0.5, 0.6) is 0 Å². The molecule has 0 aromatic rings. The molecule has 6 heteroatoms. The van der Waals surface area contributed by atoms with E-state index in [1.54, 1.807) is 0 Å². The van der Waals surface area contributed by atoms with E-state index in [2.05, 4.69) is 5.32 Å². The Morgan fingerprint density at radius 1 is 1.44 bits per heavy atom. The summed E-state index contributed by atoms with van der Waals surface area (Å²) in [4.78, 5) is 11.9. The van der Waals surface area contributed by atoms with Gasteiger partial charge in [0.1, 0.15) is 6.10 Å². The first-order valence-corrected chi connectivity index (χ1v) is 6.48. The first kappa shape index (κ1) is 15.7. The SMILES string of the molecule is CC(NC(=O)[C@@H]1CC[C@H](CN)O1)C1CCCO1.Cl. The monoisotopic (exact) mass is 278 g/mol. The number of halogens is 1. The number of hydrogen-bond acceptors (Lipinski definition) is 4. The average molecular weight is 279 g/mol. The van der Waals surface area contributed by atoms with Crippen molar-refractivity contribution in [2.75, 3.05) is 13.2 Å². The summed E-state index contributed by atoms with van der Waals surface area (Å²) in [5.74, 6) is -0.0241. The number of carbonyl (C=O) groups excluding carboxylic acids is 1. The minimum atomic E-state index is -0.326. The van der Waals surface area contributed by atoms with Crippen molar-refractivity contribution in [3.8, 4) is 0 Å². The third-order valence-corrected chi connectivity index (χ3v) is 3.56. The Labute approximate surface area is 114 Å². The molecule has 2 unspecified atom stereocenters. The lowest BCUT2D eigenvalue weighted by atomic mass is 10.1. The second kappa shape index (κ2) is 7.28. The number of ether oxygens (including phenoxy) is 2. The number of nitrogens with two attached hydrogens (primary N) is 1. The molecule has 0 aliphatic carbocycles. The van der Waals surface area contributed by atoms with Crippen LogP contribution in [-0.2, 0) is 14.3 Å². The van der Waals surface area contributed by atoms with Gasteiger partial charge in [-0.15, -0.1) is 12.4 Å². The number of hydrogen-bond donors (Lipinski definition) is 2. The van der Waals surface area contributed by atoms with E-state index in [0.29, 0.717) is 6.54 Å². The van der Waals surface area contributed by atoms with E-state index in [1.807, 2.05) is 6.92 Å². The molecule has 18 heavy (non-hydrogen) atoms. The molecular formula is C12H23ClN2O3. The zero-order valence-electron chi connectivity index (χ0n) is 10.8. The normalized spacial score (nSPS) is 32.9. The van der Waals surface area contributed by atoms with Crippen LogP contribution in [0, 0.1) is 0 Å². The van der Waals surface area contributed by atoms with E-state index in [1.165, 1.54) is 0 Å². The lowest BCUT2D eigenvalue weighted by Crippen LogP contribution is -2.45. The van der Waals surface area contributed by atoms with Crippen LogP contribution in [0.3, 0.4) is 0 Å². The Bertz CT molecular complexity index is 272. The molecule has 0 aromatic heterocycles. The maximum Gasteiger partial charge on any atom is 0.249 e. The Hall–Kier alpha value is -0.360. The van der Waals surface area contributed by atoms with Gasteiger partial charge in [-0.1, -0.05) is 0 Å². The van der Waals surface area contributed by atoms with E-state index in [4.69, 9.17) is 15.2 Å². The third kappa shape index (κ3) is 3.82. The summed E-state index contributed by atoms with van der Waals surface area (Å²) in [5, 5.41) is 2.98. The lowest BCUT2D eigenvalue weighted by Gasteiger charge is -2.22. The summed E-state index contributed by atoms with van der Waals surface area (Å²) in [5.41, 5.74) is 5.52. The van der Waals surface area contributed by atoms with Gasteiger partial charge < -0.3 is 20.5 Å². The van der Waals surface area contributed by atoms with E-state index in [0.717, 1.165) is 32.3 Å². The van der Waals surface area contributed by atoms with Gasteiger partial charge >= 0.3 is 0 Å². The quantitative estimate of drug-likeness (QED) is 0.790. The number of amides is 1. The fourth-order valence-electron chi connectivity index (χ4n) is 2.48. The fourth-order valence-corrected chi connectivity index (χ4v) is 2.48. The van der Waals surface area contributed by atoms with E-state index >= 15 is 0 Å². The molecule has 2 aliphatic heterocycles. The Balaban J connectivity index is 0.00000162. The van der Waals surface area contributed by atoms with Gasteiger partial charge in [-0.2, -0.15) is 0 Å². The standard InChI is InChI=1S/C12H22N2O3.ClH/c1-8(10-3-2-6-16-10)14-12(15)11-5-4-9(7-13)17-11;/h8-11H,2-7,13H2,1H3,(H,14,15);1H/t8?,9-,10?,11+;/m1./s1. The van der Waals surface area contributed by atoms with Gasteiger partial charge in [0.2, 0.25) is 5.91 Å². The minimum absolute atomic E-state index is 0. The van der Waals surface area contributed by atoms with Gasteiger partial charge in [0, 0.05) is 13.2 Å². The number of carbonyl (C=O) groups is 1. The number of nitrogens with one attached hydrogen (secondary N) is 1.